The molecule has 0 aromatic heterocycles. The van der Waals surface area contributed by atoms with Crippen molar-refractivity contribution in [2.75, 3.05) is 10.8 Å². The molecule has 5 nitrogen and oxygen atoms in total. The van der Waals surface area contributed by atoms with E-state index in [-0.39, 0.29) is 10.9 Å². The van der Waals surface area contributed by atoms with Gasteiger partial charge in [0, 0.05) is 0 Å². The van der Waals surface area contributed by atoms with E-state index in [1.165, 1.54) is 12.1 Å². The molecular formula is C24H25FN2O3S. The molecule has 0 aliphatic carbocycles. The van der Waals surface area contributed by atoms with Crippen molar-refractivity contribution in [1.29, 1.82) is 0 Å². The molecule has 3 aromatic carbocycles. The molecule has 162 valence electrons. The van der Waals surface area contributed by atoms with Gasteiger partial charge >= 0.3 is 0 Å². The number of hydrogen-bond acceptors (Lipinski definition) is 3. The third-order valence-corrected chi connectivity index (χ3v) is 6.93. The van der Waals surface area contributed by atoms with E-state index < -0.39 is 28.3 Å². The van der Waals surface area contributed by atoms with Crippen molar-refractivity contribution in [3.63, 3.8) is 0 Å². The Morgan fingerprint density at radius 1 is 0.968 bits per heavy atom. The van der Waals surface area contributed by atoms with Gasteiger partial charge in [-0.25, -0.2) is 12.8 Å². The molecule has 0 radical (unpaired) electrons. The van der Waals surface area contributed by atoms with Crippen molar-refractivity contribution in [3.05, 3.63) is 95.3 Å². The number of anilines is 1. The number of carbonyl (C=O) groups excluding carboxylic acids is 1. The van der Waals surface area contributed by atoms with Crippen LogP contribution in [0.5, 0.6) is 0 Å². The number of sulfonamides is 1. The third-order valence-electron chi connectivity index (χ3n) is 5.14. The molecule has 3 aromatic rings. The van der Waals surface area contributed by atoms with Crippen molar-refractivity contribution in [2.45, 2.75) is 31.7 Å². The first-order chi connectivity index (χ1) is 14.7. The molecule has 1 atom stereocenters. The predicted molar refractivity (Wildman–Crippen MR) is 120 cm³/mol. The maximum atomic E-state index is 13.3. The first-order valence-corrected chi connectivity index (χ1v) is 11.3. The van der Waals surface area contributed by atoms with E-state index in [2.05, 4.69) is 5.32 Å². The number of para-hydroxylation sites is 1. The van der Waals surface area contributed by atoms with Gasteiger partial charge in [-0.2, -0.15) is 0 Å². The fourth-order valence-electron chi connectivity index (χ4n) is 3.18. The third kappa shape index (κ3) is 5.30. The van der Waals surface area contributed by atoms with E-state index in [4.69, 9.17) is 0 Å². The fraction of sp³-hybridized carbons (Fsp3) is 0.208. The van der Waals surface area contributed by atoms with Crippen molar-refractivity contribution in [3.8, 4) is 0 Å². The zero-order valence-corrected chi connectivity index (χ0v) is 18.5. The molecule has 1 amide bonds. The highest BCUT2D eigenvalue weighted by Crippen LogP contribution is 2.24. The molecule has 0 saturated carbocycles. The number of aryl methyl sites for hydroxylation is 2. The van der Waals surface area contributed by atoms with Crippen LogP contribution < -0.4 is 9.62 Å². The van der Waals surface area contributed by atoms with E-state index in [9.17, 15) is 17.6 Å². The quantitative estimate of drug-likeness (QED) is 0.588. The fourth-order valence-corrected chi connectivity index (χ4v) is 4.60. The molecule has 0 unspecified atom stereocenters. The van der Waals surface area contributed by atoms with Gasteiger partial charge in [-0.05, 0) is 73.9 Å². The van der Waals surface area contributed by atoms with Crippen LogP contribution in [0.2, 0.25) is 0 Å². The first-order valence-electron chi connectivity index (χ1n) is 9.88. The molecule has 0 heterocycles. The van der Waals surface area contributed by atoms with E-state index in [0.29, 0.717) is 5.69 Å². The van der Waals surface area contributed by atoms with Crippen LogP contribution in [0.3, 0.4) is 0 Å². The van der Waals surface area contributed by atoms with E-state index >= 15 is 0 Å². The van der Waals surface area contributed by atoms with Crippen molar-refractivity contribution in [1.82, 2.24) is 5.32 Å². The van der Waals surface area contributed by atoms with Gasteiger partial charge in [-0.3, -0.25) is 9.10 Å². The van der Waals surface area contributed by atoms with Gasteiger partial charge in [0.25, 0.3) is 10.0 Å². The first kappa shape index (κ1) is 22.5. The minimum Gasteiger partial charge on any atom is -0.348 e. The van der Waals surface area contributed by atoms with E-state index in [1.807, 2.05) is 39.0 Å². The van der Waals surface area contributed by atoms with Crippen LogP contribution in [-0.2, 0) is 14.8 Å². The maximum Gasteiger partial charge on any atom is 0.264 e. The summed E-state index contributed by atoms with van der Waals surface area (Å²) in [5.41, 5.74) is 3.55. The van der Waals surface area contributed by atoms with E-state index in [0.717, 1.165) is 33.1 Å². The summed E-state index contributed by atoms with van der Waals surface area (Å²) in [6, 6.07) is 18.6. The number of benzene rings is 3. The average Bonchev–Trinajstić information content (AvgIpc) is 2.74. The highest BCUT2D eigenvalue weighted by molar-refractivity contribution is 7.92. The normalized spacial score (nSPS) is 12.3. The standard InChI is InChI=1S/C24H25FN2O3S/c1-17-9-10-20(15-18(17)2)19(3)26-24(28)16-27(22-7-5-4-6-8-22)31(29,30)23-13-11-21(25)12-14-23/h4-15,19H,16H2,1-3H3,(H,26,28)/t19-/m1/s1. The van der Waals surface area contributed by atoms with Crippen LogP contribution >= 0.6 is 0 Å². The second kappa shape index (κ2) is 9.31. The Kier molecular flexibility index (Phi) is 6.75. The molecule has 0 spiro atoms. The Balaban J connectivity index is 1.86. The largest absolute Gasteiger partial charge is 0.348 e. The van der Waals surface area contributed by atoms with Crippen LogP contribution in [0.1, 0.15) is 29.7 Å². The van der Waals surface area contributed by atoms with Crippen LogP contribution in [0.25, 0.3) is 0 Å². The van der Waals surface area contributed by atoms with Gasteiger partial charge in [-0.15, -0.1) is 0 Å². The van der Waals surface area contributed by atoms with Gasteiger partial charge in [0.15, 0.2) is 0 Å². The minimum absolute atomic E-state index is 0.0900. The molecule has 31 heavy (non-hydrogen) atoms. The Morgan fingerprint density at radius 2 is 1.61 bits per heavy atom. The Morgan fingerprint density at radius 3 is 2.23 bits per heavy atom. The minimum atomic E-state index is -4.07. The second-order valence-corrected chi connectivity index (χ2v) is 9.30. The van der Waals surface area contributed by atoms with Crippen molar-refractivity contribution >= 4 is 21.6 Å². The summed E-state index contributed by atoms with van der Waals surface area (Å²) in [6.45, 7) is 5.46. The van der Waals surface area contributed by atoms with Crippen LogP contribution in [0.15, 0.2) is 77.7 Å². The summed E-state index contributed by atoms with van der Waals surface area (Å²) in [4.78, 5) is 12.7. The van der Waals surface area contributed by atoms with Crippen molar-refractivity contribution < 1.29 is 17.6 Å². The lowest BCUT2D eigenvalue weighted by Crippen LogP contribution is -2.41. The zero-order chi connectivity index (χ0) is 22.6. The summed E-state index contributed by atoms with van der Waals surface area (Å²) >= 11 is 0. The highest BCUT2D eigenvalue weighted by atomic mass is 32.2. The van der Waals surface area contributed by atoms with Gasteiger partial charge in [0.1, 0.15) is 12.4 Å². The average molecular weight is 441 g/mol. The Bertz CT molecular complexity index is 1160. The lowest BCUT2D eigenvalue weighted by molar-refractivity contribution is -0.120. The van der Waals surface area contributed by atoms with Crippen LogP contribution in [0, 0.1) is 19.7 Å². The van der Waals surface area contributed by atoms with Gasteiger partial charge < -0.3 is 5.32 Å². The SMILES string of the molecule is Cc1ccc([C@@H](C)NC(=O)CN(c2ccccc2)S(=O)(=O)c2ccc(F)cc2)cc1C. The van der Waals surface area contributed by atoms with Crippen LogP contribution in [0.4, 0.5) is 10.1 Å². The second-order valence-electron chi connectivity index (χ2n) is 7.43. The molecular weight excluding hydrogens is 415 g/mol. The Labute approximate surface area is 182 Å². The van der Waals surface area contributed by atoms with Gasteiger partial charge in [0.2, 0.25) is 5.91 Å². The smallest absolute Gasteiger partial charge is 0.264 e. The van der Waals surface area contributed by atoms with Crippen LogP contribution in [-0.4, -0.2) is 20.9 Å². The number of carbonyl (C=O) groups is 1. The maximum absolute atomic E-state index is 13.3. The van der Waals surface area contributed by atoms with Gasteiger partial charge in [-0.1, -0.05) is 36.4 Å². The number of halogens is 1. The summed E-state index contributed by atoms with van der Waals surface area (Å²) in [6.07, 6.45) is 0. The molecule has 0 aliphatic heterocycles. The molecule has 3 rings (SSSR count). The zero-order valence-electron chi connectivity index (χ0n) is 17.7. The topological polar surface area (TPSA) is 66.5 Å². The highest BCUT2D eigenvalue weighted by Gasteiger charge is 2.27. The summed E-state index contributed by atoms with van der Waals surface area (Å²) in [5.74, 6) is -0.981. The number of rotatable bonds is 7. The van der Waals surface area contributed by atoms with Crippen molar-refractivity contribution in [2.24, 2.45) is 0 Å². The van der Waals surface area contributed by atoms with Gasteiger partial charge in [0.05, 0.1) is 16.6 Å². The summed E-state index contributed by atoms with van der Waals surface area (Å²) in [7, 11) is -4.07. The van der Waals surface area contributed by atoms with E-state index in [1.54, 1.807) is 30.3 Å². The number of nitrogens with zero attached hydrogens (tertiary/aromatic N) is 1. The molecule has 7 heteroatoms. The predicted octanol–water partition coefficient (Wildman–Crippen LogP) is 4.52. The lowest BCUT2D eigenvalue weighted by Gasteiger charge is -2.25. The molecule has 0 bridgehead atoms. The number of nitrogens with one attached hydrogen (secondary N) is 1. The molecule has 1 N–H and O–H groups in total. The Hall–Kier alpha value is -3.19. The molecule has 0 fully saturated rings. The number of hydrogen-bond donors (Lipinski definition) is 1. The molecule has 0 saturated heterocycles. The summed E-state index contributed by atoms with van der Waals surface area (Å²) in [5, 5.41) is 2.87. The lowest BCUT2D eigenvalue weighted by atomic mass is 10.0. The molecule has 0 aliphatic rings. The monoisotopic (exact) mass is 440 g/mol. The summed E-state index contributed by atoms with van der Waals surface area (Å²) < 4.78 is 40.8. The number of amides is 1.